The quantitative estimate of drug-likeness (QED) is 0.779. The fraction of sp³-hybridized carbons (Fsp3) is 0.625. The van der Waals surface area contributed by atoms with Gasteiger partial charge in [-0.3, -0.25) is 4.90 Å². The van der Waals surface area contributed by atoms with Crippen LogP contribution in [0.25, 0.3) is 0 Å². The third kappa shape index (κ3) is 4.22. The number of nitrogens with one attached hydrogen (secondary N) is 1. The second-order valence-electron chi connectivity index (χ2n) is 5.26. The normalized spacial score (nSPS) is 14.9. The molecule has 0 radical (unpaired) electrons. The molecule has 3 heteroatoms. The first-order chi connectivity index (χ1) is 9.26. The minimum absolute atomic E-state index is 0.736. The first-order valence-electron chi connectivity index (χ1n) is 7.38. The zero-order valence-corrected chi connectivity index (χ0v) is 12.4. The van der Waals surface area contributed by atoms with Crippen LogP contribution in [0.15, 0.2) is 18.2 Å². The zero-order valence-electron chi connectivity index (χ0n) is 12.4. The van der Waals surface area contributed by atoms with E-state index in [-0.39, 0.29) is 0 Å². The highest BCUT2D eigenvalue weighted by Gasteiger charge is 2.20. The number of hydrogen-bond acceptors (Lipinski definition) is 3. The van der Waals surface area contributed by atoms with Gasteiger partial charge < -0.3 is 10.1 Å². The molecule has 3 nitrogen and oxygen atoms in total. The van der Waals surface area contributed by atoms with Crippen molar-refractivity contribution < 1.29 is 4.74 Å². The number of rotatable bonds is 8. The summed E-state index contributed by atoms with van der Waals surface area (Å²) in [5.74, 6) is 1.01. The van der Waals surface area contributed by atoms with E-state index < -0.39 is 0 Å². The minimum Gasteiger partial charge on any atom is -0.496 e. The lowest BCUT2D eigenvalue weighted by atomic mass is 10.1. The van der Waals surface area contributed by atoms with Crippen molar-refractivity contribution in [2.45, 2.75) is 45.8 Å². The van der Waals surface area contributed by atoms with Gasteiger partial charge in [-0.2, -0.15) is 0 Å². The van der Waals surface area contributed by atoms with Gasteiger partial charge in [-0.15, -0.1) is 0 Å². The maximum atomic E-state index is 5.53. The summed E-state index contributed by atoms with van der Waals surface area (Å²) in [6.45, 7) is 8.50. The fourth-order valence-corrected chi connectivity index (χ4v) is 2.28. The lowest BCUT2D eigenvalue weighted by molar-refractivity contribution is 0.295. The third-order valence-electron chi connectivity index (χ3n) is 3.81. The lowest BCUT2D eigenvalue weighted by Gasteiger charge is -2.19. The molecular weight excluding hydrogens is 236 g/mol. The Kier molecular flexibility index (Phi) is 5.23. The summed E-state index contributed by atoms with van der Waals surface area (Å²) in [6.07, 6.45) is 2.64. The van der Waals surface area contributed by atoms with Gasteiger partial charge in [-0.25, -0.2) is 0 Å². The largest absolute Gasteiger partial charge is 0.496 e. The van der Waals surface area contributed by atoms with Crippen molar-refractivity contribution in [3.63, 3.8) is 0 Å². The zero-order chi connectivity index (χ0) is 13.7. The predicted octanol–water partition coefficient (Wildman–Crippen LogP) is 2.79. The average Bonchev–Trinajstić information content (AvgIpc) is 3.27. The Labute approximate surface area is 116 Å². The van der Waals surface area contributed by atoms with Crippen molar-refractivity contribution in [2.75, 3.05) is 20.2 Å². The van der Waals surface area contributed by atoms with Gasteiger partial charge in [-0.1, -0.05) is 26.0 Å². The monoisotopic (exact) mass is 262 g/mol. The maximum absolute atomic E-state index is 5.53. The van der Waals surface area contributed by atoms with E-state index in [0.29, 0.717) is 0 Å². The molecule has 0 saturated heterocycles. The van der Waals surface area contributed by atoms with Crippen LogP contribution in [0.3, 0.4) is 0 Å². The van der Waals surface area contributed by atoms with Crippen molar-refractivity contribution in [1.82, 2.24) is 10.2 Å². The van der Waals surface area contributed by atoms with Crippen molar-refractivity contribution in [3.05, 3.63) is 29.3 Å². The van der Waals surface area contributed by atoms with Gasteiger partial charge >= 0.3 is 0 Å². The van der Waals surface area contributed by atoms with Gasteiger partial charge in [-0.05, 0) is 37.6 Å². The van der Waals surface area contributed by atoms with Crippen LogP contribution in [0.1, 0.15) is 37.8 Å². The van der Waals surface area contributed by atoms with Crippen LogP contribution in [-0.2, 0) is 13.1 Å². The van der Waals surface area contributed by atoms with Crippen LogP contribution in [0.5, 0.6) is 5.75 Å². The molecule has 106 valence electrons. The Hall–Kier alpha value is -1.06. The molecule has 1 aliphatic carbocycles. The number of methoxy groups -OCH3 is 1. The molecule has 1 aromatic rings. The van der Waals surface area contributed by atoms with Crippen LogP contribution in [-0.4, -0.2) is 31.1 Å². The van der Waals surface area contributed by atoms with E-state index in [4.69, 9.17) is 4.74 Å². The molecule has 0 spiro atoms. The first-order valence-corrected chi connectivity index (χ1v) is 7.38. The topological polar surface area (TPSA) is 24.5 Å². The first kappa shape index (κ1) is 14.4. The molecule has 1 aromatic carbocycles. The second kappa shape index (κ2) is 6.92. The fourth-order valence-electron chi connectivity index (χ4n) is 2.28. The standard InChI is InChI=1S/C16H26N2O/c1-4-18(5-2)12-13-6-7-14(16(10-13)19-3)11-17-15-8-9-15/h6-7,10,15,17H,4-5,8-9,11-12H2,1-3H3. The van der Waals surface area contributed by atoms with Crippen LogP contribution < -0.4 is 10.1 Å². The van der Waals surface area contributed by atoms with Crippen LogP contribution in [0.2, 0.25) is 0 Å². The Morgan fingerprint density at radius 2 is 2.00 bits per heavy atom. The maximum Gasteiger partial charge on any atom is 0.123 e. The highest BCUT2D eigenvalue weighted by atomic mass is 16.5. The van der Waals surface area contributed by atoms with Gasteiger partial charge in [0.25, 0.3) is 0 Å². The van der Waals surface area contributed by atoms with Crippen molar-refractivity contribution >= 4 is 0 Å². The summed E-state index contributed by atoms with van der Waals surface area (Å²) in [5.41, 5.74) is 2.59. The van der Waals surface area contributed by atoms with E-state index in [0.717, 1.165) is 38.0 Å². The summed E-state index contributed by atoms with van der Waals surface area (Å²) in [6, 6.07) is 7.35. The van der Waals surface area contributed by atoms with Gasteiger partial charge in [0, 0.05) is 24.7 Å². The highest BCUT2D eigenvalue weighted by molar-refractivity contribution is 5.37. The molecule has 0 bridgehead atoms. The van der Waals surface area contributed by atoms with E-state index in [1.807, 2.05) is 0 Å². The van der Waals surface area contributed by atoms with Crippen molar-refractivity contribution in [1.29, 1.82) is 0 Å². The van der Waals surface area contributed by atoms with Gasteiger partial charge in [0.15, 0.2) is 0 Å². The van der Waals surface area contributed by atoms with E-state index in [9.17, 15) is 0 Å². The molecule has 0 atom stereocenters. The number of ether oxygens (including phenoxy) is 1. The molecule has 0 aliphatic heterocycles. The molecule has 0 heterocycles. The van der Waals surface area contributed by atoms with Gasteiger partial charge in [0.2, 0.25) is 0 Å². The molecule has 2 rings (SSSR count). The Bertz CT molecular complexity index is 398. The summed E-state index contributed by atoms with van der Waals surface area (Å²) in [4.78, 5) is 2.41. The molecular formula is C16H26N2O. The van der Waals surface area contributed by atoms with Crippen molar-refractivity contribution in [3.8, 4) is 5.75 Å². The number of nitrogens with zero attached hydrogens (tertiary/aromatic N) is 1. The number of benzene rings is 1. The Balaban J connectivity index is 2.01. The smallest absolute Gasteiger partial charge is 0.123 e. The molecule has 1 aliphatic rings. The van der Waals surface area contributed by atoms with Crippen LogP contribution in [0, 0.1) is 0 Å². The average molecular weight is 262 g/mol. The SMILES string of the molecule is CCN(CC)Cc1ccc(CNC2CC2)c(OC)c1. The molecule has 0 amide bonds. The Morgan fingerprint density at radius 3 is 2.58 bits per heavy atom. The summed E-state index contributed by atoms with van der Waals surface area (Å²) < 4.78 is 5.53. The molecule has 19 heavy (non-hydrogen) atoms. The van der Waals surface area contributed by atoms with Crippen LogP contribution >= 0.6 is 0 Å². The van der Waals surface area contributed by atoms with E-state index in [1.54, 1.807) is 7.11 Å². The minimum atomic E-state index is 0.736. The number of hydrogen-bond donors (Lipinski definition) is 1. The lowest BCUT2D eigenvalue weighted by Crippen LogP contribution is -2.22. The predicted molar refractivity (Wildman–Crippen MR) is 79.5 cm³/mol. The summed E-state index contributed by atoms with van der Waals surface area (Å²) in [5, 5.41) is 3.54. The molecule has 0 aromatic heterocycles. The molecule has 1 fully saturated rings. The van der Waals surface area contributed by atoms with Gasteiger partial charge in [0.05, 0.1) is 7.11 Å². The molecule has 1 saturated carbocycles. The van der Waals surface area contributed by atoms with E-state index >= 15 is 0 Å². The third-order valence-corrected chi connectivity index (χ3v) is 3.81. The second-order valence-corrected chi connectivity index (χ2v) is 5.26. The van der Waals surface area contributed by atoms with Crippen molar-refractivity contribution in [2.24, 2.45) is 0 Å². The highest BCUT2D eigenvalue weighted by Crippen LogP contribution is 2.24. The summed E-state index contributed by atoms with van der Waals surface area (Å²) in [7, 11) is 1.76. The van der Waals surface area contributed by atoms with Crippen LogP contribution in [0.4, 0.5) is 0 Å². The molecule has 0 unspecified atom stereocenters. The van der Waals surface area contributed by atoms with E-state index in [2.05, 4.69) is 42.3 Å². The summed E-state index contributed by atoms with van der Waals surface area (Å²) >= 11 is 0. The van der Waals surface area contributed by atoms with Gasteiger partial charge in [0.1, 0.15) is 5.75 Å². The Morgan fingerprint density at radius 1 is 1.26 bits per heavy atom. The van der Waals surface area contributed by atoms with E-state index in [1.165, 1.54) is 24.0 Å². The molecule has 1 N–H and O–H groups in total.